The fourth-order valence-electron chi connectivity index (χ4n) is 3.86. The van der Waals surface area contributed by atoms with Crippen molar-refractivity contribution in [3.63, 3.8) is 0 Å². The van der Waals surface area contributed by atoms with Crippen LogP contribution in [0.2, 0.25) is 0 Å². The van der Waals surface area contributed by atoms with E-state index in [2.05, 4.69) is 0 Å². The first-order valence-corrected chi connectivity index (χ1v) is 8.45. The standard InChI is InChI=1S/C17H24O9/c18-11(19)1-5-16(6-2-12(20)21)9-10-17(15(16)26,7-3-13(22)23)8-4-14(24)25/h1-10H2,(H,18,19)(H,20,21)(H,22,23)(H,24,25). The molecule has 9 heteroatoms. The molecule has 0 aromatic heterocycles. The molecular weight excluding hydrogens is 348 g/mol. The first-order chi connectivity index (χ1) is 12.0. The highest BCUT2D eigenvalue weighted by Crippen LogP contribution is 2.55. The predicted molar refractivity (Wildman–Crippen MR) is 86.6 cm³/mol. The first-order valence-electron chi connectivity index (χ1n) is 8.45. The maximum atomic E-state index is 13.2. The maximum absolute atomic E-state index is 13.2. The Labute approximate surface area is 150 Å². The molecule has 0 unspecified atom stereocenters. The van der Waals surface area contributed by atoms with Crippen molar-refractivity contribution in [2.75, 3.05) is 0 Å². The van der Waals surface area contributed by atoms with E-state index >= 15 is 0 Å². The minimum absolute atomic E-state index is 0.0314. The van der Waals surface area contributed by atoms with Crippen LogP contribution in [0, 0.1) is 10.8 Å². The number of hydrogen-bond acceptors (Lipinski definition) is 5. The van der Waals surface area contributed by atoms with E-state index in [4.69, 9.17) is 20.4 Å². The third kappa shape index (κ3) is 5.53. The van der Waals surface area contributed by atoms with Crippen LogP contribution in [0.1, 0.15) is 64.2 Å². The summed E-state index contributed by atoms with van der Waals surface area (Å²) in [5.41, 5.74) is -2.32. The monoisotopic (exact) mass is 372 g/mol. The summed E-state index contributed by atoms with van der Waals surface area (Å²) in [6.45, 7) is 0. The van der Waals surface area contributed by atoms with Gasteiger partial charge >= 0.3 is 23.9 Å². The molecule has 0 spiro atoms. The van der Waals surface area contributed by atoms with Gasteiger partial charge in [-0.1, -0.05) is 0 Å². The molecule has 1 fully saturated rings. The van der Waals surface area contributed by atoms with Gasteiger partial charge in [-0.15, -0.1) is 0 Å². The average Bonchev–Trinajstić information content (AvgIpc) is 2.81. The van der Waals surface area contributed by atoms with Gasteiger partial charge in [0, 0.05) is 36.5 Å². The minimum Gasteiger partial charge on any atom is -0.481 e. The lowest BCUT2D eigenvalue weighted by atomic mass is 9.69. The van der Waals surface area contributed by atoms with Gasteiger partial charge in [-0.05, 0) is 38.5 Å². The van der Waals surface area contributed by atoms with Gasteiger partial charge in [-0.2, -0.15) is 0 Å². The van der Waals surface area contributed by atoms with Gasteiger partial charge in [-0.3, -0.25) is 24.0 Å². The molecular formula is C17H24O9. The molecule has 1 aliphatic carbocycles. The summed E-state index contributed by atoms with van der Waals surface area (Å²) in [4.78, 5) is 57.0. The Kier molecular flexibility index (Phi) is 7.29. The molecule has 1 saturated carbocycles. The van der Waals surface area contributed by atoms with E-state index in [1.54, 1.807) is 0 Å². The number of carboxylic acid groups (broad SMARTS) is 4. The summed E-state index contributed by atoms with van der Waals surface area (Å²) in [6, 6.07) is 0. The summed E-state index contributed by atoms with van der Waals surface area (Å²) in [6.07, 6.45) is -0.867. The molecule has 0 aromatic rings. The fourth-order valence-corrected chi connectivity index (χ4v) is 3.86. The lowest BCUT2D eigenvalue weighted by Gasteiger charge is -2.32. The van der Waals surface area contributed by atoms with E-state index in [1.807, 2.05) is 0 Å². The molecule has 0 saturated heterocycles. The van der Waals surface area contributed by atoms with Gasteiger partial charge < -0.3 is 20.4 Å². The minimum atomic E-state index is -1.16. The van der Waals surface area contributed by atoms with Crippen LogP contribution in [0.4, 0.5) is 0 Å². The van der Waals surface area contributed by atoms with Crippen molar-refractivity contribution in [1.82, 2.24) is 0 Å². The summed E-state index contributed by atoms with van der Waals surface area (Å²) >= 11 is 0. The highest BCUT2D eigenvalue weighted by molar-refractivity contribution is 5.93. The highest BCUT2D eigenvalue weighted by atomic mass is 16.4. The number of carboxylic acids is 4. The van der Waals surface area contributed by atoms with Crippen LogP contribution in [0.5, 0.6) is 0 Å². The first kappa shape index (κ1) is 21.6. The summed E-state index contributed by atoms with van der Waals surface area (Å²) in [5, 5.41) is 35.8. The lowest BCUT2D eigenvalue weighted by Crippen LogP contribution is -2.37. The highest BCUT2D eigenvalue weighted by Gasteiger charge is 2.55. The number of carbonyl (C=O) groups is 5. The Morgan fingerprint density at radius 1 is 0.615 bits per heavy atom. The van der Waals surface area contributed by atoms with Crippen molar-refractivity contribution in [3.8, 4) is 0 Å². The zero-order valence-corrected chi connectivity index (χ0v) is 14.4. The molecule has 146 valence electrons. The van der Waals surface area contributed by atoms with Crippen LogP contribution >= 0.6 is 0 Å². The smallest absolute Gasteiger partial charge is 0.303 e. The molecule has 26 heavy (non-hydrogen) atoms. The Hall–Kier alpha value is -2.45. The summed E-state index contributed by atoms with van der Waals surface area (Å²) in [5.74, 6) is -4.82. The van der Waals surface area contributed by atoms with E-state index in [0.29, 0.717) is 0 Å². The molecule has 1 rings (SSSR count). The van der Waals surface area contributed by atoms with E-state index in [9.17, 15) is 24.0 Å². The van der Waals surface area contributed by atoms with Crippen molar-refractivity contribution >= 4 is 29.7 Å². The molecule has 0 aliphatic heterocycles. The van der Waals surface area contributed by atoms with Gasteiger partial charge in [-0.25, -0.2) is 0 Å². The molecule has 0 radical (unpaired) electrons. The molecule has 4 N–H and O–H groups in total. The van der Waals surface area contributed by atoms with Crippen molar-refractivity contribution in [1.29, 1.82) is 0 Å². The van der Waals surface area contributed by atoms with E-state index in [1.165, 1.54) is 0 Å². The van der Waals surface area contributed by atoms with E-state index < -0.39 is 34.7 Å². The fraction of sp³-hybridized carbons (Fsp3) is 0.706. The number of aliphatic carboxylic acids is 4. The molecule has 0 atom stereocenters. The van der Waals surface area contributed by atoms with Gasteiger partial charge in [0.25, 0.3) is 0 Å². The van der Waals surface area contributed by atoms with Gasteiger partial charge in [0.2, 0.25) is 0 Å². The van der Waals surface area contributed by atoms with Crippen LogP contribution in [0.3, 0.4) is 0 Å². The normalized spacial score (nSPS) is 17.8. The second-order valence-corrected chi connectivity index (χ2v) is 6.96. The topological polar surface area (TPSA) is 166 Å². The van der Waals surface area contributed by atoms with Crippen LogP contribution in [-0.4, -0.2) is 50.1 Å². The molecule has 1 aliphatic rings. The number of carbonyl (C=O) groups excluding carboxylic acids is 1. The zero-order valence-electron chi connectivity index (χ0n) is 14.4. The van der Waals surface area contributed by atoms with Crippen molar-refractivity contribution in [2.45, 2.75) is 64.2 Å². The van der Waals surface area contributed by atoms with E-state index in [0.717, 1.165) is 0 Å². The molecule has 9 nitrogen and oxygen atoms in total. The molecule has 0 bridgehead atoms. The SMILES string of the molecule is O=C(O)CCC1(CCC(=O)O)CCC(CCC(=O)O)(CCC(=O)O)C1=O. The molecule has 0 aromatic carbocycles. The van der Waals surface area contributed by atoms with E-state index in [-0.39, 0.29) is 70.0 Å². The van der Waals surface area contributed by atoms with Crippen LogP contribution in [0.25, 0.3) is 0 Å². The Morgan fingerprint density at radius 3 is 1.04 bits per heavy atom. The number of hydrogen-bond donors (Lipinski definition) is 4. The van der Waals surface area contributed by atoms with Crippen LogP contribution < -0.4 is 0 Å². The predicted octanol–water partition coefficient (Wildman–Crippen LogP) is 1.78. The lowest BCUT2D eigenvalue weighted by molar-refractivity contribution is -0.141. The van der Waals surface area contributed by atoms with Crippen molar-refractivity contribution in [3.05, 3.63) is 0 Å². The Morgan fingerprint density at radius 2 is 0.846 bits per heavy atom. The van der Waals surface area contributed by atoms with Gasteiger partial charge in [0.15, 0.2) is 0 Å². The number of Topliss-reactive ketones (excluding diaryl/α,β-unsaturated/α-hetero) is 1. The number of ketones is 1. The maximum Gasteiger partial charge on any atom is 0.303 e. The summed E-state index contributed by atoms with van der Waals surface area (Å²) in [7, 11) is 0. The molecule has 0 heterocycles. The molecule has 0 amide bonds. The summed E-state index contributed by atoms with van der Waals surface area (Å²) < 4.78 is 0. The van der Waals surface area contributed by atoms with Crippen molar-refractivity contribution in [2.24, 2.45) is 10.8 Å². The second kappa shape index (κ2) is 8.77. The third-order valence-electron chi connectivity index (χ3n) is 5.32. The Bertz CT molecular complexity index is 507. The zero-order chi connectivity index (χ0) is 20.0. The van der Waals surface area contributed by atoms with Gasteiger partial charge in [0.1, 0.15) is 5.78 Å². The second-order valence-electron chi connectivity index (χ2n) is 6.96. The Balaban J connectivity index is 3.12. The number of rotatable bonds is 12. The largest absolute Gasteiger partial charge is 0.481 e. The van der Waals surface area contributed by atoms with Crippen LogP contribution in [0.15, 0.2) is 0 Å². The average molecular weight is 372 g/mol. The van der Waals surface area contributed by atoms with Crippen molar-refractivity contribution < 1.29 is 44.4 Å². The van der Waals surface area contributed by atoms with Crippen LogP contribution in [-0.2, 0) is 24.0 Å². The quantitative estimate of drug-likeness (QED) is 0.399. The third-order valence-corrected chi connectivity index (χ3v) is 5.32. The van der Waals surface area contributed by atoms with Gasteiger partial charge in [0.05, 0.1) is 0 Å².